The van der Waals surface area contributed by atoms with E-state index in [2.05, 4.69) is 4.72 Å². The molecule has 2 rings (SSSR count). The van der Waals surface area contributed by atoms with Gasteiger partial charge in [0.1, 0.15) is 0 Å². The fourth-order valence-corrected chi connectivity index (χ4v) is 3.26. The van der Waals surface area contributed by atoms with E-state index < -0.39 is 38.4 Å². The zero-order chi connectivity index (χ0) is 15.6. The van der Waals surface area contributed by atoms with Crippen LogP contribution in [0.1, 0.15) is 6.42 Å². The zero-order valence-electron chi connectivity index (χ0n) is 10.6. The molecule has 1 fully saturated rings. The number of amides is 2. The minimum atomic E-state index is -3.84. The summed E-state index contributed by atoms with van der Waals surface area (Å²) in [4.78, 5) is 32.2. The van der Waals surface area contributed by atoms with Gasteiger partial charge in [-0.05, 0) is 12.1 Å². The minimum absolute atomic E-state index is 0.144. The van der Waals surface area contributed by atoms with E-state index in [9.17, 15) is 28.1 Å². The van der Waals surface area contributed by atoms with Gasteiger partial charge in [0.05, 0.1) is 16.6 Å². The van der Waals surface area contributed by atoms with E-state index in [1.807, 2.05) is 5.32 Å². The van der Waals surface area contributed by atoms with Crippen LogP contribution in [0.3, 0.4) is 0 Å². The van der Waals surface area contributed by atoms with Crippen molar-refractivity contribution in [3.63, 3.8) is 0 Å². The fourth-order valence-electron chi connectivity index (χ4n) is 1.88. The lowest BCUT2D eigenvalue weighted by Crippen LogP contribution is -2.28. The third-order valence-corrected chi connectivity index (χ3v) is 4.23. The van der Waals surface area contributed by atoms with Gasteiger partial charge >= 0.3 is 0 Å². The minimum Gasteiger partial charge on any atom is -0.296 e. The summed E-state index contributed by atoms with van der Waals surface area (Å²) in [6.07, 6.45) is -0.167. The Kier molecular flexibility index (Phi) is 3.89. The number of sulfonamides is 1. The first kappa shape index (κ1) is 14.9. The molecule has 9 nitrogen and oxygen atoms in total. The van der Waals surface area contributed by atoms with Gasteiger partial charge in [-0.1, -0.05) is 0 Å². The average molecular weight is 313 g/mol. The molecule has 112 valence electrons. The number of non-ortho nitro benzene ring substituents is 1. The Morgan fingerprint density at radius 2 is 1.90 bits per heavy atom. The SMILES string of the molecule is O=C1CC(CS(=O)(=O)Nc2ccc([N+](=O)[O-])cc2)C(=O)N1. The van der Waals surface area contributed by atoms with E-state index in [1.54, 1.807) is 0 Å². The molecular formula is C11H11N3O6S. The number of nitrogens with zero attached hydrogens (tertiary/aromatic N) is 1. The molecule has 21 heavy (non-hydrogen) atoms. The first-order chi connectivity index (χ1) is 9.77. The maximum absolute atomic E-state index is 11.9. The van der Waals surface area contributed by atoms with Crippen LogP contribution in [0.15, 0.2) is 24.3 Å². The van der Waals surface area contributed by atoms with Crippen LogP contribution < -0.4 is 10.0 Å². The van der Waals surface area contributed by atoms with E-state index in [-0.39, 0.29) is 17.8 Å². The predicted octanol–water partition coefficient (Wildman–Crippen LogP) is -0.000800. The topological polar surface area (TPSA) is 135 Å². The zero-order valence-corrected chi connectivity index (χ0v) is 11.4. The second-order valence-electron chi connectivity index (χ2n) is 4.50. The number of carbonyl (C=O) groups is 2. The van der Waals surface area contributed by atoms with Crippen molar-refractivity contribution >= 4 is 33.2 Å². The highest BCUT2D eigenvalue weighted by Crippen LogP contribution is 2.19. The number of nitro benzene ring substituents is 1. The maximum Gasteiger partial charge on any atom is 0.269 e. The largest absolute Gasteiger partial charge is 0.296 e. The number of rotatable bonds is 5. The van der Waals surface area contributed by atoms with Gasteiger partial charge in [0, 0.05) is 24.2 Å². The lowest BCUT2D eigenvalue weighted by Gasteiger charge is -2.10. The molecule has 0 aliphatic carbocycles. The molecule has 1 saturated heterocycles. The number of anilines is 1. The van der Waals surface area contributed by atoms with Gasteiger partial charge < -0.3 is 0 Å². The van der Waals surface area contributed by atoms with Crippen molar-refractivity contribution in [2.45, 2.75) is 6.42 Å². The summed E-state index contributed by atoms with van der Waals surface area (Å²) in [5.74, 6) is -2.57. The number of imide groups is 1. The van der Waals surface area contributed by atoms with Gasteiger partial charge in [-0.15, -0.1) is 0 Å². The molecule has 1 aromatic rings. The Balaban J connectivity index is 2.05. The standard InChI is InChI=1S/C11H11N3O6S/c15-10-5-7(11(16)12-10)6-21(19,20)13-8-1-3-9(4-2-8)14(17)18/h1-4,7,13H,5-6H2,(H,12,15,16). The molecule has 2 N–H and O–H groups in total. The van der Waals surface area contributed by atoms with Crippen molar-refractivity contribution in [2.75, 3.05) is 10.5 Å². The van der Waals surface area contributed by atoms with Crippen molar-refractivity contribution in [3.8, 4) is 0 Å². The van der Waals surface area contributed by atoms with Crippen molar-refractivity contribution in [1.82, 2.24) is 5.32 Å². The molecule has 1 atom stereocenters. The van der Waals surface area contributed by atoms with Crippen molar-refractivity contribution in [2.24, 2.45) is 5.92 Å². The van der Waals surface area contributed by atoms with E-state index >= 15 is 0 Å². The quantitative estimate of drug-likeness (QED) is 0.446. The highest BCUT2D eigenvalue weighted by molar-refractivity contribution is 7.92. The summed E-state index contributed by atoms with van der Waals surface area (Å²) < 4.78 is 26.0. The maximum atomic E-state index is 11.9. The van der Waals surface area contributed by atoms with Gasteiger partial charge in [0.15, 0.2) is 0 Å². The van der Waals surface area contributed by atoms with Crippen LogP contribution in [0.25, 0.3) is 0 Å². The Labute approximate surface area is 119 Å². The first-order valence-electron chi connectivity index (χ1n) is 5.85. The second-order valence-corrected chi connectivity index (χ2v) is 6.27. The van der Waals surface area contributed by atoms with Crippen LogP contribution in [-0.2, 0) is 19.6 Å². The predicted molar refractivity (Wildman–Crippen MR) is 71.8 cm³/mol. The summed E-state index contributed by atoms with van der Waals surface area (Å²) in [7, 11) is -3.84. The molecule has 1 unspecified atom stereocenters. The lowest BCUT2D eigenvalue weighted by molar-refractivity contribution is -0.384. The van der Waals surface area contributed by atoms with Crippen molar-refractivity contribution in [1.29, 1.82) is 0 Å². The Bertz CT molecular complexity index is 697. The molecule has 2 amide bonds. The van der Waals surface area contributed by atoms with E-state index in [1.165, 1.54) is 12.1 Å². The lowest BCUT2D eigenvalue weighted by atomic mass is 10.1. The van der Waals surface area contributed by atoms with E-state index in [4.69, 9.17) is 0 Å². The number of benzene rings is 1. The van der Waals surface area contributed by atoms with Gasteiger partial charge in [0.25, 0.3) is 5.69 Å². The van der Waals surface area contributed by atoms with Crippen LogP contribution in [0.4, 0.5) is 11.4 Å². The summed E-state index contributed by atoms with van der Waals surface area (Å²) in [6, 6.07) is 4.80. The molecule has 0 aromatic heterocycles. The van der Waals surface area contributed by atoms with Crippen LogP contribution in [0.5, 0.6) is 0 Å². The Morgan fingerprint density at radius 3 is 2.38 bits per heavy atom. The van der Waals surface area contributed by atoms with Crippen LogP contribution in [-0.4, -0.2) is 30.9 Å². The number of hydrogen-bond acceptors (Lipinski definition) is 6. The van der Waals surface area contributed by atoms with Gasteiger partial charge in [-0.3, -0.25) is 29.7 Å². The second kappa shape index (κ2) is 5.48. The van der Waals surface area contributed by atoms with E-state index in [0.717, 1.165) is 12.1 Å². The van der Waals surface area contributed by atoms with Crippen LogP contribution >= 0.6 is 0 Å². The van der Waals surface area contributed by atoms with Crippen molar-refractivity contribution < 1.29 is 22.9 Å². The molecule has 1 aromatic carbocycles. The van der Waals surface area contributed by atoms with Gasteiger partial charge in [0.2, 0.25) is 21.8 Å². The fraction of sp³-hybridized carbons (Fsp3) is 0.273. The Morgan fingerprint density at radius 1 is 1.29 bits per heavy atom. The Hall–Kier alpha value is -2.49. The average Bonchev–Trinajstić information content (AvgIpc) is 2.67. The van der Waals surface area contributed by atoms with Gasteiger partial charge in [-0.25, -0.2) is 8.42 Å². The molecule has 1 heterocycles. The molecule has 1 aliphatic heterocycles. The first-order valence-corrected chi connectivity index (χ1v) is 7.51. The van der Waals surface area contributed by atoms with Gasteiger partial charge in [-0.2, -0.15) is 0 Å². The normalized spacial score (nSPS) is 18.4. The summed E-state index contributed by atoms with van der Waals surface area (Å²) in [6.45, 7) is 0. The molecule has 1 aliphatic rings. The highest BCUT2D eigenvalue weighted by Gasteiger charge is 2.34. The molecule has 0 saturated carbocycles. The molecule has 0 bridgehead atoms. The monoisotopic (exact) mass is 313 g/mol. The molecular weight excluding hydrogens is 302 g/mol. The van der Waals surface area contributed by atoms with Crippen LogP contribution in [0.2, 0.25) is 0 Å². The molecule has 0 radical (unpaired) electrons. The molecule has 0 spiro atoms. The number of nitro groups is 1. The van der Waals surface area contributed by atoms with E-state index in [0.29, 0.717) is 0 Å². The van der Waals surface area contributed by atoms with Crippen molar-refractivity contribution in [3.05, 3.63) is 34.4 Å². The number of hydrogen-bond donors (Lipinski definition) is 2. The third-order valence-electron chi connectivity index (χ3n) is 2.84. The summed E-state index contributed by atoms with van der Waals surface area (Å²) in [5, 5.41) is 12.5. The smallest absolute Gasteiger partial charge is 0.269 e. The third kappa shape index (κ3) is 3.75. The summed E-state index contributed by atoms with van der Waals surface area (Å²) >= 11 is 0. The highest BCUT2D eigenvalue weighted by atomic mass is 32.2. The number of nitrogens with one attached hydrogen (secondary N) is 2. The van der Waals surface area contributed by atoms with Crippen LogP contribution in [0, 0.1) is 16.0 Å². The molecule has 10 heteroatoms. The summed E-state index contributed by atoms with van der Waals surface area (Å²) in [5.41, 5.74) is -0.0240. The number of carbonyl (C=O) groups excluding carboxylic acids is 2.